The molecule has 1 rings (SSSR count). The van der Waals surface area contributed by atoms with Crippen LogP contribution in [0, 0.1) is 5.92 Å². The van der Waals surface area contributed by atoms with E-state index in [1.165, 1.54) is 0 Å². The van der Waals surface area contributed by atoms with Crippen LogP contribution in [0.25, 0.3) is 0 Å². The van der Waals surface area contributed by atoms with E-state index in [4.69, 9.17) is 5.11 Å². The predicted octanol–water partition coefficient (Wildman–Crippen LogP) is 0.655. The summed E-state index contributed by atoms with van der Waals surface area (Å²) in [6.07, 6.45) is 6.16. The molecule has 0 aromatic heterocycles. The molecule has 0 aromatic carbocycles. The Balaban J connectivity index is 1.97. The van der Waals surface area contributed by atoms with Crippen LogP contribution in [0.1, 0.15) is 38.5 Å². The summed E-state index contributed by atoms with van der Waals surface area (Å²) in [6, 6.07) is 0. The molecule has 0 spiro atoms. The van der Waals surface area contributed by atoms with Crippen LogP contribution in [0.3, 0.4) is 0 Å². The van der Waals surface area contributed by atoms with Gasteiger partial charge in [0.15, 0.2) is 0 Å². The van der Waals surface area contributed by atoms with Gasteiger partial charge in [0.2, 0.25) is 5.91 Å². The molecule has 1 amide bonds. The van der Waals surface area contributed by atoms with Crippen LogP contribution in [-0.2, 0) is 4.79 Å². The number of amides is 1. The van der Waals surface area contributed by atoms with Gasteiger partial charge in [-0.25, -0.2) is 0 Å². The summed E-state index contributed by atoms with van der Waals surface area (Å²) in [6.45, 7) is 2.93. The Morgan fingerprint density at radius 2 is 2.12 bits per heavy atom. The van der Waals surface area contributed by atoms with Gasteiger partial charge in [-0.05, 0) is 32.2 Å². The number of aliphatic hydroxyl groups is 1. The number of aliphatic hydroxyl groups excluding tert-OH is 1. The van der Waals surface area contributed by atoms with Crippen LogP contribution in [0.15, 0.2) is 0 Å². The summed E-state index contributed by atoms with van der Waals surface area (Å²) in [7, 11) is 0. The second-order valence-electron chi connectivity index (χ2n) is 4.47. The Bertz CT molecular complexity index is 191. The summed E-state index contributed by atoms with van der Waals surface area (Å²) in [5.41, 5.74) is 0. The quantitative estimate of drug-likeness (QED) is 0.561. The molecule has 1 aliphatic rings. The molecule has 0 unspecified atom stereocenters. The van der Waals surface area contributed by atoms with Gasteiger partial charge in [0.05, 0.1) is 5.92 Å². The average Bonchev–Trinajstić information content (AvgIpc) is 2.34. The summed E-state index contributed by atoms with van der Waals surface area (Å²) >= 11 is 0. The molecule has 0 bridgehead atoms. The Labute approximate surface area is 97.8 Å². The SMILES string of the molecule is O=C(NCCCCCCO)[C@@H]1CCCNC1. The minimum Gasteiger partial charge on any atom is -0.396 e. The van der Waals surface area contributed by atoms with E-state index >= 15 is 0 Å². The molecular weight excluding hydrogens is 204 g/mol. The Morgan fingerprint density at radius 1 is 1.31 bits per heavy atom. The zero-order valence-corrected chi connectivity index (χ0v) is 10.0. The summed E-state index contributed by atoms with van der Waals surface area (Å²) < 4.78 is 0. The molecular formula is C12H24N2O2. The first-order chi connectivity index (χ1) is 7.84. The Kier molecular flexibility index (Phi) is 7.17. The molecule has 0 radical (unpaired) electrons. The van der Waals surface area contributed by atoms with Gasteiger partial charge in [0.25, 0.3) is 0 Å². The normalized spacial score (nSPS) is 20.7. The second-order valence-corrected chi connectivity index (χ2v) is 4.47. The third-order valence-corrected chi connectivity index (χ3v) is 3.05. The maximum atomic E-state index is 11.7. The van der Waals surface area contributed by atoms with Gasteiger partial charge >= 0.3 is 0 Å². The number of carbonyl (C=O) groups excluding carboxylic acids is 1. The van der Waals surface area contributed by atoms with Crippen LogP contribution in [0.4, 0.5) is 0 Å². The van der Waals surface area contributed by atoms with E-state index in [9.17, 15) is 4.79 Å². The third kappa shape index (κ3) is 5.47. The third-order valence-electron chi connectivity index (χ3n) is 3.05. The number of unbranched alkanes of at least 4 members (excludes halogenated alkanes) is 3. The average molecular weight is 228 g/mol. The lowest BCUT2D eigenvalue weighted by Gasteiger charge is -2.21. The molecule has 94 valence electrons. The zero-order chi connectivity index (χ0) is 11.6. The maximum Gasteiger partial charge on any atom is 0.224 e. The number of hydrogen-bond acceptors (Lipinski definition) is 3. The number of hydrogen-bond donors (Lipinski definition) is 3. The molecule has 1 heterocycles. The first-order valence-electron chi connectivity index (χ1n) is 6.44. The largest absolute Gasteiger partial charge is 0.396 e. The van der Waals surface area contributed by atoms with Crippen LogP contribution in [0.5, 0.6) is 0 Å². The zero-order valence-electron chi connectivity index (χ0n) is 10.0. The molecule has 1 fully saturated rings. The Morgan fingerprint density at radius 3 is 2.81 bits per heavy atom. The lowest BCUT2D eigenvalue weighted by Crippen LogP contribution is -2.40. The van der Waals surface area contributed by atoms with E-state index in [0.717, 1.165) is 58.2 Å². The van der Waals surface area contributed by atoms with E-state index in [-0.39, 0.29) is 18.4 Å². The van der Waals surface area contributed by atoms with Gasteiger partial charge in [0.1, 0.15) is 0 Å². The molecule has 4 nitrogen and oxygen atoms in total. The first-order valence-corrected chi connectivity index (χ1v) is 6.44. The molecule has 0 aliphatic carbocycles. The van der Waals surface area contributed by atoms with Gasteiger partial charge < -0.3 is 15.7 Å². The van der Waals surface area contributed by atoms with Gasteiger partial charge in [-0.15, -0.1) is 0 Å². The van der Waals surface area contributed by atoms with Crippen LogP contribution >= 0.6 is 0 Å². The van der Waals surface area contributed by atoms with E-state index in [2.05, 4.69) is 10.6 Å². The second kappa shape index (κ2) is 8.53. The van der Waals surface area contributed by atoms with Crippen molar-refractivity contribution in [2.45, 2.75) is 38.5 Å². The van der Waals surface area contributed by atoms with Crippen LogP contribution in [0.2, 0.25) is 0 Å². The minimum absolute atomic E-state index is 0.172. The number of carbonyl (C=O) groups is 1. The van der Waals surface area contributed by atoms with Crippen molar-refractivity contribution in [3.05, 3.63) is 0 Å². The summed E-state index contributed by atoms with van der Waals surface area (Å²) in [5, 5.41) is 14.8. The van der Waals surface area contributed by atoms with Crippen molar-refractivity contribution in [3.63, 3.8) is 0 Å². The number of nitrogens with one attached hydrogen (secondary N) is 2. The fraction of sp³-hybridized carbons (Fsp3) is 0.917. The van der Waals surface area contributed by atoms with Gasteiger partial charge in [-0.1, -0.05) is 12.8 Å². The van der Waals surface area contributed by atoms with Crippen molar-refractivity contribution in [3.8, 4) is 0 Å². The topological polar surface area (TPSA) is 61.4 Å². The van der Waals surface area contributed by atoms with E-state index in [1.54, 1.807) is 0 Å². The Hall–Kier alpha value is -0.610. The highest BCUT2D eigenvalue weighted by Crippen LogP contribution is 2.09. The van der Waals surface area contributed by atoms with Crippen molar-refractivity contribution in [1.82, 2.24) is 10.6 Å². The fourth-order valence-corrected chi connectivity index (χ4v) is 2.02. The molecule has 1 aliphatic heterocycles. The standard InChI is InChI=1S/C12H24N2O2/c15-9-4-2-1-3-8-14-12(16)11-6-5-7-13-10-11/h11,13,15H,1-10H2,(H,14,16)/t11-/m1/s1. The van der Waals surface area contributed by atoms with Crippen molar-refractivity contribution in [1.29, 1.82) is 0 Å². The highest BCUT2D eigenvalue weighted by atomic mass is 16.2. The molecule has 4 heteroatoms. The molecule has 1 atom stereocenters. The van der Waals surface area contributed by atoms with Crippen molar-refractivity contribution in [2.75, 3.05) is 26.2 Å². The molecule has 16 heavy (non-hydrogen) atoms. The number of piperidine rings is 1. The smallest absolute Gasteiger partial charge is 0.224 e. The van der Waals surface area contributed by atoms with Crippen LogP contribution in [-0.4, -0.2) is 37.3 Å². The maximum absolute atomic E-state index is 11.7. The van der Waals surface area contributed by atoms with Crippen LogP contribution < -0.4 is 10.6 Å². The minimum atomic E-state index is 0.172. The number of rotatable bonds is 7. The lowest BCUT2D eigenvalue weighted by atomic mass is 9.99. The van der Waals surface area contributed by atoms with Crippen molar-refractivity contribution in [2.24, 2.45) is 5.92 Å². The highest BCUT2D eigenvalue weighted by molar-refractivity contribution is 5.78. The monoisotopic (exact) mass is 228 g/mol. The summed E-state index contributed by atoms with van der Waals surface area (Å²) in [4.78, 5) is 11.7. The molecule has 3 N–H and O–H groups in total. The van der Waals surface area contributed by atoms with E-state index < -0.39 is 0 Å². The molecule has 0 aromatic rings. The van der Waals surface area contributed by atoms with E-state index in [1.807, 2.05) is 0 Å². The van der Waals surface area contributed by atoms with Crippen molar-refractivity contribution >= 4 is 5.91 Å². The lowest BCUT2D eigenvalue weighted by molar-refractivity contribution is -0.125. The first kappa shape index (κ1) is 13.5. The molecule has 0 saturated carbocycles. The van der Waals surface area contributed by atoms with Gasteiger partial charge in [-0.2, -0.15) is 0 Å². The van der Waals surface area contributed by atoms with Crippen molar-refractivity contribution < 1.29 is 9.90 Å². The summed E-state index contributed by atoms with van der Waals surface area (Å²) in [5.74, 6) is 0.376. The fourth-order valence-electron chi connectivity index (χ4n) is 2.02. The van der Waals surface area contributed by atoms with Gasteiger partial charge in [0, 0.05) is 19.7 Å². The molecule has 1 saturated heterocycles. The van der Waals surface area contributed by atoms with E-state index in [0.29, 0.717) is 0 Å². The highest BCUT2D eigenvalue weighted by Gasteiger charge is 2.19. The predicted molar refractivity (Wildman–Crippen MR) is 64.2 cm³/mol. The van der Waals surface area contributed by atoms with Gasteiger partial charge in [-0.3, -0.25) is 4.79 Å².